The minimum Gasteiger partial charge on any atom is -0.491 e. The van der Waals surface area contributed by atoms with Crippen molar-refractivity contribution in [2.75, 3.05) is 6.61 Å². The number of ether oxygens (including phenoxy) is 1. The Kier molecular flexibility index (Phi) is 6.08. The second-order valence-electron chi connectivity index (χ2n) is 5.63. The number of hydrogen-bond donors (Lipinski definition) is 2. The lowest BCUT2D eigenvalue weighted by Crippen LogP contribution is -2.36. The Labute approximate surface area is 154 Å². The van der Waals surface area contributed by atoms with Crippen molar-refractivity contribution in [3.63, 3.8) is 0 Å². The highest BCUT2D eigenvalue weighted by atomic mass is 32.2. The van der Waals surface area contributed by atoms with Gasteiger partial charge in [-0.05, 0) is 31.2 Å². The molecule has 27 heavy (non-hydrogen) atoms. The molecule has 0 fully saturated rings. The maximum atomic E-state index is 13.1. The molecule has 0 aliphatic heterocycles. The number of halogens is 1. The molecule has 2 aromatic rings. The molecule has 0 aromatic heterocycles. The van der Waals surface area contributed by atoms with E-state index < -0.39 is 43.3 Å². The van der Waals surface area contributed by atoms with Gasteiger partial charge in [0, 0.05) is 17.7 Å². The summed E-state index contributed by atoms with van der Waals surface area (Å²) in [5.41, 5.74) is -0.916. The average Bonchev–Trinajstić information content (AvgIpc) is 2.58. The highest BCUT2D eigenvalue weighted by Gasteiger charge is 2.25. The topological polar surface area (TPSA) is 142 Å². The van der Waals surface area contributed by atoms with Crippen LogP contribution >= 0.6 is 0 Å². The number of nitrogens with one attached hydrogen (secondary N) is 1. The largest absolute Gasteiger partial charge is 0.491 e. The molecule has 9 nitrogen and oxygen atoms in total. The van der Waals surface area contributed by atoms with Crippen LogP contribution in [0.5, 0.6) is 5.75 Å². The Hall–Kier alpha value is -3.05. The summed E-state index contributed by atoms with van der Waals surface area (Å²) in [6, 6.07) is 7.79. The number of hydrogen-bond acceptors (Lipinski definition) is 6. The fraction of sp³-hybridized carbons (Fsp3) is 0.188. The van der Waals surface area contributed by atoms with Gasteiger partial charge in [0.2, 0.25) is 10.0 Å². The van der Waals surface area contributed by atoms with Crippen LogP contribution in [0.1, 0.15) is 17.3 Å². The number of rotatable bonds is 7. The predicted molar refractivity (Wildman–Crippen MR) is 93.3 cm³/mol. The number of primary sulfonamides is 1. The van der Waals surface area contributed by atoms with E-state index in [9.17, 15) is 27.7 Å². The number of carbonyl (C=O) groups is 1. The number of benzene rings is 2. The quantitative estimate of drug-likeness (QED) is 0.537. The summed E-state index contributed by atoms with van der Waals surface area (Å²) >= 11 is 0. The van der Waals surface area contributed by atoms with Crippen LogP contribution in [-0.4, -0.2) is 31.9 Å². The SMILES string of the molecule is C[C@@H](COc1cccc(F)c1)NC(=O)c1ccc(S(N)(=O)=O)c([N+](=O)[O-])c1. The van der Waals surface area contributed by atoms with Gasteiger partial charge in [0.1, 0.15) is 18.2 Å². The van der Waals surface area contributed by atoms with Gasteiger partial charge < -0.3 is 10.1 Å². The van der Waals surface area contributed by atoms with Gasteiger partial charge >= 0.3 is 0 Å². The van der Waals surface area contributed by atoms with Crippen LogP contribution in [0.3, 0.4) is 0 Å². The van der Waals surface area contributed by atoms with Crippen molar-refractivity contribution in [2.45, 2.75) is 17.9 Å². The molecule has 0 saturated heterocycles. The monoisotopic (exact) mass is 397 g/mol. The number of nitrogens with two attached hydrogens (primary N) is 1. The molecule has 0 spiro atoms. The number of carbonyl (C=O) groups excluding carboxylic acids is 1. The number of nitro groups is 1. The highest BCUT2D eigenvalue weighted by molar-refractivity contribution is 7.89. The zero-order valence-corrected chi connectivity index (χ0v) is 14.9. The van der Waals surface area contributed by atoms with Crippen molar-refractivity contribution in [1.82, 2.24) is 5.32 Å². The molecule has 2 rings (SSSR count). The average molecular weight is 397 g/mol. The van der Waals surface area contributed by atoms with Gasteiger partial charge in [0.05, 0.1) is 11.0 Å². The molecular formula is C16H16FN3O6S. The molecule has 1 amide bonds. The molecule has 0 heterocycles. The van der Waals surface area contributed by atoms with Crippen molar-refractivity contribution < 1.29 is 27.3 Å². The first-order valence-electron chi connectivity index (χ1n) is 7.58. The van der Waals surface area contributed by atoms with Crippen molar-refractivity contribution in [3.05, 3.63) is 64.0 Å². The summed E-state index contributed by atoms with van der Waals surface area (Å²) < 4.78 is 41.2. The lowest BCUT2D eigenvalue weighted by Gasteiger charge is -2.15. The number of sulfonamides is 1. The third kappa shape index (κ3) is 5.46. The third-order valence-electron chi connectivity index (χ3n) is 3.40. The molecule has 1 atom stereocenters. The van der Waals surface area contributed by atoms with Gasteiger partial charge in [-0.3, -0.25) is 14.9 Å². The van der Waals surface area contributed by atoms with E-state index in [-0.39, 0.29) is 17.9 Å². The highest BCUT2D eigenvalue weighted by Crippen LogP contribution is 2.24. The van der Waals surface area contributed by atoms with Gasteiger partial charge in [-0.15, -0.1) is 0 Å². The van der Waals surface area contributed by atoms with Gasteiger partial charge in [0.25, 0.3) is 11.6 Å². The van der Waals surface area contributed by atoms with Crippen LogP contribution < -0.4 is 15.2 Å². The summed E-state index contributed by atoms with van der Waals surface area (Å²) in [6.45, 7) is 1.64. The maximum absolute atomic E-state index is 13.1. The molecule has 0 radical (unpaired) electrons. The zero-order chi connectivity index (χ0) is 20.2. The maximum Gasteiger partial charge on any atom is 0.290 e. The molecule has 0 aliphatic rings. The summed E-state index contributed by atoms with van der Waals surface area (Å²) in [4.78, 5) is 21.7. The first-order valence-corrected chi connectivity index (χ1v) is 9.13. The smallest absolute Gasteiger partial charge is 0.290 e. The number of amides is 1. The summed E-state index contributed by atoms with van der Waals surface area (Å²) in [5.74, 6) is -0.856. The van der Waals surface area contributed by atoms with Gasteiger partial charge in [0.15, 0.2) is 4.90 Å². The van der Waals surface area contributed by atoms with Crippen LogP contribution in [0.2, 0.25) is 0 Å². The van der Waals surface area contributed by atoms with Crippen molar-refractivity contribution in [3.8, 4) is 5.75 Å². The van der Waals surface area contributed by atoms with Crippen LogP contribution in [0.15, 0.2) is 47.4 Å². The van der Waals surface area contributed by atoms with Crippen molar-refractivity contribution in [1.29, 1.82) is 0 Å². The minimum absolute atomic E-state index is 0.0204. The normalized spacial score (nSPS) is 12.3. The lowest BCUT2D eigenvalue weighted by molar-refractivity contribution is -0.387. The van der Waals surface area contributed by atoms with Gasteiger partial charge in [-0.1, -0.05) is 6.07 Å². The molecule has 2 aromatic carbocycles. The van der Waals surface area contributed by atoms with E-state index in [1.54, 1.807) is 13.0 Å². The fourth-order valence-electron chi connectivity index (χ4n) is 2.17. The Morgan fingerprint density at radius 1 is 1.33 bits per heavy atom. The Morgan fingerprint density at radius 3 is 2.63 bits per heavy atom. The number of nitrogens with zero attached hydrogens (tertiary/aromatic N) is 1. The molecule has 0 unspecified atom stereocenters. The second kappa shape index (κ2) is 8.10. The van der Waals surface area contributed by atoms with E-state index in [2.05, 4.69) is 5.32 Å². The first kappa shape index (κ1) is 20.3. The molecule has 144 valence electrons. The standard InChI is InChI=1S/C16H16FN3O6S/c1-10(9-26-13-4-2-3-12(17)8-13)19-16(21)11-5-6-15(27(18,24)25)14(7-11)20(22)23/h2-8,10H,9H2,1H3,(H,19,21)(H2,18,24,25)/t10-/m0/s1. The van der Waals surface area contributed by atoms with E-state index in [4.69, 9.17) is 9.88 Å². The third-order valence-corrected chi connectivity index (χ3v) is 4.36. The minimum atomic E-state index is -4.31. The Bertz CT molecular complexity index is 980. The molecule has 3 N–H and O–H groups in total. The van der Waals surface area contributed by atoms with E-state index in [1.807, 2.05) is 0 Å². The summed E-state index contributed by atoms with van der Waals surface area (Å²) in [7, 11) is -4.31. The van der Waals surface area contributed by atoms with Crippen LogP contribution in [0.4, 0.5) is 10.1 Å². The molecule has 0 bridgehead atoms. The zero-order valence-electron chi connectivity index (χ0n) is 14.1. The van der Waals surface area contributed by atoms with Crippen molar-refractivity contribution >= 4 is 21.6 Å². The Balaban J connectivity index is 2.08. The van der Waals surface area contributed by atoms with E-state index in [0.29, 0.717) is 0 Å². The van der Waals surface area contributed by atoms with E-state index >= 15 is 0 Å². The molecule has 0 saturated carbocycles. The summed E-state index contributed by atoms with van der Waals surface area (Å²) in [5, 5.41) is 18.5. The van der Waals surface area contributed by atoms with Gasteiger partial charge in [-0.25, -0.2) is 17.9 Å². The fourth-order valence-corrected chi connectivity index (χ4v) is 2.85. The summed E-state index contributed by atoms with van der Waals surface area (Å²) in [6.07, 6.45) is 0. The van der Waals surface area contributed by atoms with E-state index in [1.165, 1.54) is 18.2 Å². The molecule has 11 heteroatoms. The molecule has 0 aliphatic carbocycles. The van der Waals surface area contributed by atoms with Crippen LogP contribution in [-0.2, 0) is 10.0 Å². The molecular weight excluding hydrogens is 381 g/mol. The van der Waals surface area contributed by atoms with Crippen LogP contribution in [0.25, 0.3) is 0 Å². The number of nitro benzene ring substituents is 1. The van der Waals surface area contributed by atoms with Crippen molar-refractivity contribution in [2.24, 2.45) is 5.14 Å². The predicted octanol–water partition coefficient (Wildman–Crippen LogP) is 1.58. The van der Waals surface area contributed by atoms with Crippen LogP contribution in [0, 0.1) is 15.9 Å². The first-order chi connectivity index (χ1) is 12.6. The van der Waals surface area contributed by atoms with Gasteiger partial charge in [-0.2, -0.15) is 0 Å². The Morgan fingerprint density at radius 2 is 2.04 bits per heavy atom. The lowest BCUT2D eigenvalue weighted by atomic mass is 10.2. The van der Waals surface area contributed by atoms with E-state index in [0.717, 1.165) is 18.2 Å². The second-order valence-corrected chi connectivity index (χ2v) is 7.16.